The number of nitrogens with zero attached hydrogens (tertiary/aromatic N) is 1. The first-order valence-corrected chi connectivity index (χ1v) is 6.52. The molecule has 0 saturated heterocycles. The van der Waals surface area contributed by atoms with E-state index in [1.807, 2.05) is 0 Å². The third-order valence-corrected chi connectivity index (χ3v) is 3.42. The van der Waals surface area contributed by atoms with Crippen LogP contribution in [0.2, 0.25) is 0 Å². The standard InChI is InChI=1S/C16H11FN2O3/c17-13(9-5-7-10(8-6-9)16(21)22)14-11-3-1-2-4-12(11)15(20)19-18-14/h1-8,13H,(H,19,20)(H,21,22). The van der Waals surface area contributed by atoms with Crippen LogP contribution in [-0.4, -0.2) is 21.3 Å². The number of carboxylic acids is 1. The fourth-order valence-corrected chi connectivity index (χ4v) is 2.28. The summed E-state index contributed by atoms with van der Waals surface area (Å²) in [5, 5.41) is 15.7. The monoisotopic (exact) mass is 298 g/mol. The van der Waals surface area contributed by atoms with Crippen LogP contribution in [0.1, 0.15) is 27.8 Å². The second-order valence-electron chi connectivity index (χ2n) is 4.77. The van der Waals surface area contributed by atoms with Gasteiger partial charge in [-0.1, -0.05) is 30.3 Å². The van der Waals surface area contributed by atoms with Crippen molar-refractivity contribution in [3.05, 3.63) is 75.7 Å². The average Bonchev–Trinajstić information content (AvgIpc) is 2.55. The molecule has 3 rings (SSSR count). The molecule has 22 heavy (non-hydrogen) atoms. The van der Waals surface area contributed by atoms with Crippen molar-refractivity contribution >= 4 is 16.7 Å². The molecule has 3 aromatic rings. The number of carboxylic acid groups (broad SMARTS) is 1. The van der Waals surface area contributed by atoms with E-state index < -0.39 is 12.1 Å². The zero-order valence-electron chi connectivity index (χ0n) is 11.3. The molecule has 0 amide bonds. The number of rotatable bonds is 3. The fourth-order valence-electron chi connectivity index (χ4n) is 2.28. The van der Waals surface area contributed by atoms with E-state index >= 15 is 0 Å². The maximum Gasteiger partial charge on any atom is 0.335 e. The highest BCUT2D eigenvalue weighted by atomic mass is 19.1. The van der Waals surface area contributed by atoms with Crippen molar-refractivity contribution in [1.82, 2.24) is 10.2 Å². The van der Waals surface area contributed by atoms with Crippen LogP contribution in [-0.2, 0) is 0 Å². The lowest BCUT2D eigenvalue weighted by Crippen LogP contribution is -2.12. The number of benzene rings is 2. The Kier molecular flexibility index (Phi) is 3.42. The predicted octanol–water partition coefficient (Wildman–Crippen LogP) is 2.68. The number of nitrogens with one attached hydrogen (secondary N) is 1. The Morgan fingerprint density at radius 2 is 1.73 bits per heavy atom. The molecule has 0 fully saturated rings. The zero-order chi connectivity index (χ0) is 15.7. The van der Waals surface area contributed by atoms with Gasteiger partial charge in [0.2, 0.25) is 0 Å². The summed E-state index contributed by atoms with van der Waals surface area (Å²) in [6, 6.07) is 12.1. The molecule has 1 unspecified atom stereocenters. The second-order valence-corrected chi connectivity index (χ2v) is 4.77. The molecule has 0 saturated carbocycles. The van der Waals surface area contributed by atoms with E-state index in [0.29, 0.717) is 10.8 Å². The number of carbonyl (C=O) groups is 1. The lowest BCUT2D eigenvalue weighted by Gasteiger charge is -2.10. The summed E-state index contributed by atoms with van der Waals surface area (Å²) in [5.74, 6) is -1.07. The Bertz CT molecular complexity index is 903. The predicted molar refractivity (Wildman–Crippen MR) is 78.7 cm³/mol. The van der Waals surface area contributed by atoms with Gasteiger partial charge in [-0.05, 0) is 23.8 Å². The van der Waals surface area contributed by atoms with Crippen molar-refractivity contribution in [2.75, 3.05) is 0 Å². The van der Waals surface area contributed by atoms with E-state index in [2.05, 4.69) is 10.2 Å². The van der Waals surface area contributed by atoms with Crippen LogP contribution < -0.4 is 5.56 Å². The molecule has 6 heteroatoms. The molecule has 0 radical (unpaired) electrons. The second kappa shape index (κ2) is 5.40. The van der Waals surface area contributed by atoms with Crippen molar-refractivity contribution in [1.29, 1.82) is 0 Å². The molecule has 0 aliphatic heterocycles. The number of hydrogen-bond acceptors (Lipinski definition) is 3. The molecular formula is C16H11FN2O3. The van der Waals surface area contributed by atoms with Gasteiger partial charge in [0.1, 0.15) is 5.69 Å². The van der Waals surface area contributed by atoms with Gasteiger partial charge in [0.25, 0.3) is 5.56 Å². The summed E-state index contributed by atoms with van der Waals surface area (Å²) in [6.45, 7) is 0. The van der Waals surface area contributed by atoms with Gasteiger partial charge in [-0.15, -0.1) is 0 Å². The maximum absolute atomic E-state index is 14.7. The molecule has 0 spiro atoms. The van der Waals surface area contributed by atoms with Gasteiger partial charge in [0, 0.05) is 5.39 Å². The average molecular weight is 298 g/mol. The lowest BCUT2D eigenvalue weighted by molar-refractivity contribution is 0.0697. The smallest absolute Gasteiger partial charge is 0.335 e. The van der Waals surface area contributed by atoms with E-state index in [0.717, 1.165) is 0 Å². The van der Waals surface area contributed by atoms with Gasteiger partial charge >= 0.3 is 5.97 Å². The number of aromatic nitrogens is 2. The van der Waals surface area contributed by atoms with Gasteiger partial charge in [-0.2, -0.15) is 5.10 Å². The van der Waals surface area contributed by atoms with Gasteiger partial charge in [0.05, 0.1) is 10.9 Å². The van der Waals surface area contributed by atoms with Crippen molar-refractivity contribution in [3.63, 3.8) is 0 Å². The first-order valence-electron chi connectivity index (χ1n) is 6.52. The van der Waals surface area contributed by atoms with E-state index in [1.165, 1.54) is 24.3 Å². The van der Waals surface area contributed by atoms with E-state index in [-0.39, 0.29) is 22.4 Å². The highest BCUT2D eigenvalue weighted by molar-refractivity contribution is 5.87. The van der Waals surface area contributed by atoms with Crippen LogP contribution in [0.5, 0.6) is 0 Å². The maximum atomic E-state index is 14.7. The lowest BCUT2D eigenvalue weighted by atomic mass is 10.0. The summed E-state index contributed by atoms with van der Waals surface area (Å²) in [6.07, 6.45) is -1.57. The minimum Gasteiger partial charge on any atom is -0.478 e. The molecule has 0 aliphatic carbocycles. The zero-order valence-corrected chi connectivity index (χ0v) is 11.3. The van der Waals surface area contributed by atoms with Gasteiger partial charge in [-0.25, -0.2) is 14.3 Å². The number of alkyl halides is 1. The Morgan fingerprint density at radius 1 is 1.09 bits per heavy atom. The number of aromatic amines is 1. The van der Waals surface area contributed by atoms with Crippen molar-refractivity contribution in [2.45, 2.75) is 6.17 Å². The molecule has 0 bridgehead atoms. The number of fused-ring (bicyclic) bond motifs is 1. The fraction of sp³-hybridized carbons (Fsp3) is 0.0625. The first-order chi connectivity index (χ1) is 10.6. The van der Waals surface area contributed by atoms with E-state index in [9.17, 15) is 14.0 Å². The van der Waals surface area contributed by atoms with Crippen LogP contribution in [0.3, 0.4) is 0 Å². The van der Waals surface area contributed by atoms with E-state index in [4.69, 9.17) is 5.11 Å². The Hall–Kier alpha value is -3.02. The molecule has 110 valence electrons. The van der Waals surface area contributed by atoms with Crippen molar-refractivity contribution in [2.24, 2.45) is 0 Å². The van der Waals surface area contributed by atoms with Gasteiger partial charge in [0.15, 0.2) is 6.17 Å². The SMILES string of the molecule is O=C(O)c1ccc(C(F)c2n[nH]c(=O)c3ccccc23)cc1. The molecule has 5 nitrogen and oxygen atoms in total. The summed E-state index contributed by atoms with van der Waals surface area (Å²) in [7, 11) is 0. The molecule has 0 aliphatic rings. The molecule has 1 atom stereocenters. The van der Waals surface area contributed by atoms with Gasteiger partial charge in [-0.3, -0.25) is 4.79 Å². The summed E-state index contributed by atoms with van der Waals surface area (Å²) in [5.41, 5.74) is 0.0657. The highest BCUT2D eigenvalue weighted by Crippen LogP contribution is 2.28. The third kappa shape index (κ3) is 2.35. The highest BCUT2D eigenvalue weighted by Gasteiger charge is 2.19. The Balaban J connectivity index is 2.09. The Labute approximate surface area is 124 Å². The van der Waals surface area contributed by atoms with Crippen LogP contribution in [0.15, 0.2) is 53.3 Å². The number of halogens is 1. The normalized spacial score (nSPS) is 12.2. The topological polar surface area (TPSA) is 83.0 Å². The largest absolute Gasteiger partial charge is 0.478 e. The van der Waals surface area contributed by atoms with Gasteiger partial charge < -0.3 is 5.11 Å². The quantitative estimate of drug-likeness (QED) is 0.778. The molecule has 2 aromatic carbocycles. The Morgan fingerprint density at radius 3 is 2.36 bits per heavy atom. The number of aromatic carboxylic acids is 1. The number of H-pyrrole nitrogens is 1. The summed E-state index contributed by atoms with van der Waals surface area (Å²) < 4.78 is 14.7. The van der Waals surface area contributed by atoms with Crippen molar-refractivity contribution in [3.8, 4) is 0 Å². The van der Waals surface area contributed by atoms with Crippen LogP contribution in [0, 0.1) is 0 Å². The van der Waals surface area contributed by atoms with Crippen LogP contribution >= 0.6 is 0 Å². The van der Waals surface area contributed by atoms with Crippen molar-refractivity contribution < 1.29 is 14.3 Å². The minimum absolute atomic E-state index is 0.0789. The van der Waals surface area contributed by atoms with Crippen LogP contribution in [0.4, 0.5) is 4.39 Å². The minimum atomic E-state index is -1.57. The molecular weight excluding hydrogens is 287 g/mol. The molecule has 1 heterocycles. The van der Waals surface area contributed by atoms with Crippen LogP contribution in [0.25, 0.3) is 10.8 Å². The first kappa shape index (κ1) is 13.9. The third-order valence-electron chi connectivity index (χ3n) is 3.42. The summed E-state index contributed by atoms with van der Waals surface area (Å²) >= 11 is 0. The van der Waals surface area contributed by atoms with E-state index in [1.54, 1.807) is 24.3 Å². The molecule has 2 N–H and O–H groups in total. The summed E-state index contributed by atoms with van der Waals surface area (Å²) in [4.78, 5) is 22.5. The molecule has 1 aromatic heterocycles. The number of hydrogen-bond donors (Lipinski definition) is 2.